The van der Waals surface area contributed by atoms with E-state index in [1.165, 1.54) is 12.1 Å². The summed E-state index contributed by atoms with van der Waals surface area (Å²) in [6.45, 7) is 8.75. The summed E-state index contributed by atoms with van der Waals surface area (Å²) in [7, 11) is 1.59. The minimum atomic E-state index is -0.244. The molecule has 90 valence electrons. The van der Waals surface area contributed by atoms with E-state index in [-0.39, 0.29) is 5.82 Å². The lowest BCUT2D eigenvalue weighted by Crippen LogP contribution is -2.14. The first kappa shape index (κ1) is 13.0. The van der Waals surface area contributed by atoms with Gasteiger partial charge in [0.25, 0.3) is 0 Å². The minimum Gasteiger partial charge on any atom is -0.496 e. The molecule has 16 heavy (non-hydrogen) atoms. The topological polar surface area (TPSA) is 9.23 Å². The third kappa shape index (κ3) is 2.75. The molecule has 0 saturated carbocycles. The quantitative estimate of drug-likeness (QED) is 0.743. The van der Waals surface area contributed by atoms with Crippen molar-refractivity contribution in [2.45, 2.75) is 33.6 Å². The van der Waals surface area contributed by atoms with Gasteiger partial charge in [0.15, 0.2) is 0 Å². The second-order valence-electron chi connectivity index (χ2n) is 4.90. The molecule has 1 aromatic carbocycles. The van der Waals surface area contributed by atoms with Gasteiger partial charge in [-0.15, -0.1) is 0 Å². The summed E-state index contributed by atoms with van der Waals surface area (Å²) in [6.07, 6.45) is 0. The molecule has 0 saturated heterocycles. The second kappa shape index (κ2) is 5.33. The lowest BCUT2D eigenvalue weighted by molar-refractivity contribution is 0.355. The summed E-state index contributed by atoms with van der Waals surface area (Å²) in [6, 6.07) is 4.82. The molecule has 0 N–H and O–H groups in total. The average molecular weight is 224 g/mol. The molecular formula is C14H21FO. The van der Waals surface area contributed by atoms with Crippen LogP contribution in [0.4, 0.5) is 4.39 Å². The molecular weight excluding hydrogens is 203 g/mol. The van der Waals surface area contributed by atoms with Crippen LogP contribution in [0.1, 0.15) is 39.2 Å². The highest BCUT2D eigenvalue weighted by molar-refractivity contribution is 5.37. The number of methoxy groups -OCH3 is 1. The highest BCUT2D eigenvalue weighted by atomic mass is 19.1. The van der Waals surface area contributed by atoms with Gasteiger partial charge in [-0.05, 0) is 29.4 Å². The van der Waals surface area contributed by atoms with Crippen LogP contribution in [0.2, 0.25) is 0 Å². The van der Waals surface area contributed by atoms with Crippen molar-refractivity contribution in [3.05, 3.63) is 29.6 Å². The van der Waals surface area contributed by atoms with Crippen LogP contribution in [-0.4, -0.2) is 7.11 Å². The molecule has 0 unspecified atom stereocenters. The second-order valence-corrected chi connectivity index (χ2v) is 4.90. The summed E-state index contributed by atoms with van der Waals surface area (Å²) in [5.74, 6) is 1.84. The van der Waals surface area contributed by atoms with Crippen molar-refractivity contribution in [2.75, 3.05) is 7.11 Å². The normalized spacial score (nSPS) is 11.6. The Morgan fingerprint density at radius 1 is 1.06 bits per heavy atom. The van der Waals surface area contributed by atoms with Gasteiger partial charge < -0.3 is 4.74 Å². The molecule has 0 fully saturated rings. The van der Waals surface area contributed by atoms with E-state index in [0.717, 1.165) is 5.56 Å². The molecule has 0 aromatic heterocycles. The number of rotatable bonds is 4. The molecule has 1 rings (SSSR count). The van der Waals surface area contributed by atoms with Crippen LogP contribution in [0.25, 0.3) is 0 Å². The van der Waals surface area contributed by atoms with Gasteiger partial charge in [-0.3, -0.25) is 0 Å². The fourth-order valence-electron chi connectivity index (χ4n) is 2.45. The Labute approximate surface area is 97.6 Å². The van der Waals surface area contributed by atoms with Gasteiger partial charge in [0, 0.05) is 6.07 Å². The summed E-state index contributed by atoms with van der Waals surface area (Å²) in [5.41, 5.74) is 1.11. The average Bonchev–Trinajstić information content (AvgIpc) is 2.19. The summed E-state index contributed by atoms with van der Waals surface area (Å²) < 4.78 is 18.4. The van der Waals surface area contributed by atoms with Crippen molar-refractivity contribution in [2.24, 2.45) is 11.8 Å². The maximum Gasteiger partial charge on any atom is 0.126 e. The van der Waals surface area contributed by atoms with Crippen molar-refractivity contribution in [1.82, 2.24) is 0 Å². The first-order valence-electron chi connectivity index (χ1n) is 5.80. The zero-order valence-corrected chi connectivity index (χ0v) is 10.8. The summed E-state index contributed by atoms with van der Waals surface area (Å²) >= 11 is 0. The fourth-order valence-corrected chi connectivity index (χ4v) is 2.45. The third-order valence-corrected chi connectivity index (χ3v) is 2.99. The van der Waals surface area contributed by atoms with E-state index in [9.17, 15) is 4.39 Å². The first-order valence-corrected chi connectivity index (χ1v) is 5.80. The minimum absolute atomic E-state index is 0.244. The zero-order valence-electron chi connectivity index (χ0n) is 10.8. The van der Waals surface area contributed by atoms with Crippen LogP contribution in [0.3, 0.4) is 0 Å². The van der Waals surface area contributed by atoms with Crippen molar-refractivity contribution >= 4 is 0 Å². The number of hydrogen-bond donors (Lipinski definition) is 0. The van der Waals surface area contributed by atoms with E-state index in [1.54, 1.807) is 7.11 Å². The lowest BCUT2D eigenvalue weighted by atomic mass is 9.80. The summed E-state index contributed by atoms with van der Waals surface area (Å²) in [4.78, 5) is 0. The molecule has 0 atom stereocenters. The number of benzene rings is 1. The Hall–Kier alpha value is -1.05. The van der Waals surface area contributed by atoms with E-state index in [2.05, 4.69) is 27.7 Å². The van der Waals surface area contributed by atoms with E-state index < -0.39 is 0 Å². The molecule has 0 amide bonds. The Bertz CT molecular complexity index is 337. The number of hydrogen-bond acceptors (Lipinski definition) is 1. The molecule has 1 nitrogen and oxygen atoms in total. The molecule has 0 aliphatic carbocycles. The van der Waals surface area contributed by atoms with E-state index in [0.29, 0.717) is 23.5 Å². The smallest absolute Gasteiger partial charge is 0.126 e. The van der Waals surface area contributed by atoms with Gasteiger partial charge in [-0.1, -0.05) is 33.8 Å². The fraction of sp³-hybridized carbons (Fsp3) is 0.571. The van der Waals surface area contributed by atoms with Crippen molar-refractivity contribution < 1.29 is 9.13 Å². The molecule has 1 aromatic rings. The van der Waals surface area contributed by atoms with E-state index in [4.69, 9.17) is 4.74 Å². The standard InChI is InChI=1S/C14H21FO/c1-9(2)14(10(3)4)12-7-6-11(15)8-13(12)16-5/h6-10,14H,1-5H3. The Morgan fingerprint density at radius 3 is 2.06 bits per heavy atom. The molecule has 0 radical (unpaired) electrons. The monoisotopic (exact) mass is 224 g/mol. The molecule has 0 spiro atoms. The number of halogens is 1. The van der Waals surface area contributed by atoms with Crippen LogP contribution in [0.15, 0.2) is 18.2 Å². The lowest BCUT2D eigenvalue weighted by Gasteiger charge is -2.26. The van der Waals surface area contributed by atoms with Crippen LogP contribution in [0.5, 0.6) is 5.75 Å². The Morgan fingerprint density at radius 2 is 1.62 bits per heavy atom. The van der Waals surface area contributed by atoms with Gasteiger partial charge in [0.2, 0.25) is 0 Å². The SMILES string of the molecule is COc1cc(F)ccc1C(C(C)C)C(C)C. The van der Waals surface area contributed by atoms with Crippen LogP contribution >= 0.6 is 0 Å². The molecule has 0 heterocycles. The largest absolute Gasteiger partial charge is 0.496 e. The highest BCUT2D eigenvalue weighted by Crippen LogP contribution is 2.37. The van der Waals surface area contributed by atoms with Gasteiger partial charge in [0.1, 0.15) is 11.6 Å². The molecule has 0 aliphatic rings. The molecule has 0 aliphatic heterocycles. The zero-order chi connectivity index (χ0) is 12.3. The number of ether oxygens (including phenoxy) is 1. The first-order chi connectivity index (χ1) is 7.47. The van der Waals surface area contributed by atoms with E-state index in [1.807, 2.05) is 6.07 Å². The van der Waals surface area contributed by atoms with Crippen LogP contribution < -0.4 is 4.74 Å². The van der Waals surface area contributed by atoms with Gasteiger partial charge in [0.05, 0.1) is 7.11 Å². The van der Waals surface area contributed by atoms with Gasteiger partial charge in [-0.25, -0.2) is 4.39 Å². The summed E-state index contributed by atoms with van der Waals surface area (Å²) in [5, 5.41) is 0. The highest BCUT2D eigenvalue weighted by Gasteiger charge is 2.23. The van der Waals surface area contributed by atoms with Crippen molar-refractivity contribution in [3.8, 4) is 5.75 Å². The third-order valence-electron chi connectivity index (χ3n) is 2.99. The molecule has 2 heteroatoms. The maximum absolute atomic E-state index is 13.1. The Balaban J connectivity index is 3.18. The van der Waals surface area contributed by atoms with Crippen LogP contribution in [-0.2, 0) is 0 Å². The molecule has 0 bridgehead atoms. The van der Waals surface area contributed by atoms with Crippen molar-refractivity contribution in [3.63, 3.8) is 0 Å². The van der Waals surface area contributed by atoms with Gasteiger partial charge >= 0.3 is 0 Å². The Kier molecular flexibility index (Phi) is 4.34. The predicted octanol–water partition coefficient (Wildman–Crippen LogP) is 4.23. The van der Waals surface area contributed by atoms with Gasteiger partial charge in [-0.2, -0.15) is 0 Å². The maximum atomic E-state index is 13.1. The van der Waals surface area contributed by atoms with Crippen LogP contribution in [0, 0.1) is 17.7 Å². The predicted molar refractivity (Wildman–Crippen MR) is 65.4 cm³/mol. The van der Waals surface area contributed by atoms with Crippen molar-refractivity contribution in [1.29, 1.82) is 0 Å². The van der Waals surface area contributed by atoms with E-state index >= 15 is 0 Å².